The van der Waals surface area contributed by atoms with Gasteiger partial charge >= 0.3 is 0 Å². The third-order valence-corrected chi connectivity index (χ3v) is 3.69. The monoisotopic (exact) mass is 251 g/mol. The zero-order chi connectivity index (χ0) is 13.3. The summed E-state index contributed by atoms with van der Waals surface area (Å²) >= 11 is 0. The minimum absolute atomic E-state index is 0.517. The van der Waals surface area contributed by atoms with E-state index in [0.29, 0.717) is 11.7 Å². The van der Waals surface area contributed by atoms with Crippen molar-refractivity contribution < 1.29 is 0 Å². The minimum atomic E-state index is -0.804. The maximum Gasteiger partial charge on any atom is 0.182 e. The van der Waals surface area contributed by atoms with E-state index in [0.717, 1.165) is 11.4 Å². The molecular weight excluding hydrogens is 226 g/mol. The molecular formula is C13H25N5. The standard InChI is InChI=1S/C13H25N5/c1-13(15)16-11(14)10(12(17-13)18(2)3)9-7-5-4-6-8-9/h9,16H,4-8,14-15H2,1-3H3. The lowest BCUT2D eigenvalue weighted by Gasteiger charge is -2.37. The molecule has 5 nitrogen and oxygen atoms in total. The fraction of sp³-hybridized carbons (Fsp3) is 0.769. The number of nitrogens with zero attached hydrogens (tertiary/aromatic N) is 2. The van der Waals surface area contributed by atoms with Gasteiger partial charge in [-0.3, -0.25) is 5.73 Å². The number of hydrogen-bond acceptors (Lipinski definition) is 5. The fourth-order valence-corrected chi connectivity index (χ4v) is 2.90. The van der Waals surface area contributed by atoms with Gasteiger partial charge in [-0.2, -0.15) is 0 Å². The summed E-state index contributed by atoms with van der Waals surface area (Å²) in [6.07, 6.45) is 6.29. The van der Waals surface area contributed by atoms with Gasteiger partial charge in [0.15, 0.2) is 5.79 Å². The number of amidine groups is 1. The van der Waals surface area contributed by atoms with Crippen LogP contribution in [0.2, 0.25) is 0 Å². The Kier molecular flexibility index (Phi) is 3.52. The lowest BCUT2D eigenvalue weighted by Crippen LogP contribution is -2.56. The summed E-state index contributed by atoms with van der Waals surface area (Å²) in [5, 5.41) is 3.11. The molecule has 5 N–H and O–H groups in total. The molecule has 0 radical (unpaired) electrons. The molecule has 0 saturated heterocycles. The van der Waals surface area contributed by atoms with E-state index >= 15 is 0 Å². The summed E-state index contributed by atoms with van der Waals surface area (Å²) < 4.78 is 0. The molecule has 0 spiro atoms. The third kappa shape index (κ3) is 2.61. The lowest BCUT2D eigenvalue weighted by molar-refractivity contribution is 0.367. The molecule has 1 heterocycles. The largest absolute Gasteiger partial charge is 0.385 e. The van der Waals surface area contributed by atoms with Crippen molar-refractivity contribution >= 4 is 5.84 Å². The molecule has 0 aromatic carbocycles. The van der Waals surface area contributed by atoms with Crippen LogP contribution in [0.25, 0.3) is 0 Å². The van der Waals surface area contributed by atoms with Crippen molar-refractivity contribution in [3.8, 4) is 0 Å². The Morgan fingerprint density at radius 1 is 1.28 bits per heavy atom. The van der Waals surface area contributed by atoms with Gasteiger partial charge in [-0.05, 0) is 25.7 Å². The van der Waals surface area contributed by atoms with Crippen LogP contribution < -0.4 is 16.8 Å². The Balaban J connectivity index is 2.33. The molecule has 18 heavy (non-hydrogen) atoms. The molecule has 1 unspecified atom stereocenters. The van der Waals surface area contributed by atoms with Crippen molar-refractivity contribution in [2.24, 2.45) is 22.4 Å². The Morgan fingerprint density at radius 2 is 1.89 bits per heavy atom. The Bertz CT molecular complexity index is 375. The van der Waals surface area contributed by atoms with E-state index < -0.39 is 5.79 Å². The summed E-state index contributed by atoms with van der Waals surface area (Å²) in [7, 11) is 3.99. The van der Waals surface area contributed by atoms with Crippen LogP contribution in [0.1, 0.15) is 39.0 Å². The average Bonchev–Trinajstić information content (AvgIpc) is 2.27. The van der Waals surface area contributed by atoms with Crippen LogP contribution in [0.4, 0.5) is 0 Å². The van der Waals surface area contributed by atoms with Gasteiger partial charge in [-0.15, -0.1) is 0 Å². The van der Waals surface area contributed by atoms with Crippen LogP contribution in [0.15, 0.2) is 16.4 Å². The highest BCUT2D eigenvalue weighted by molar-refractivity contribution is 5.99. The van der Waals surface area contributed by atoms with E-state index in [-0.39, 0.29) is 0 Å². The Morgan fingerprint density at radius 3 is 2.44 bits per heavy atom. The summed E-state index contributed by atoms with van der Waals surface area (Å²) in [5.74, 6) is 1.35. The average molecular weight is 251 g/mol. The first-order valence-electron chi connectivity index (χ1n) is 6.75. The molecule has 1 aliphatic carbocycles. The van der Waals surface area contributed by atoms with Gasteiger partial charge in [0.1, 0.15) is 11.7 Å². The molecule has 1 fully saturated rings. The second kappa shape index (κ2) is 4.80. The van der Waals surface area contributed by atoms with E-state index in [1.165, 1.54) is 32.1 Å². The SMILES string of the molecule is CN(C)C1=NC(C)(N)NC(N)=C1C1CCCCC1. The molecule has 0 aromatic rings. The number of aliphatic imine (C=N–C) groups is 1. The number of nitrogens with one attached hydrogen (secondary N) is 1. The van der Waals surface area contributed by atoms with Crippen molar-refractivity contribution in [3.63, 3.8) is 0 Å². The highest BCUT2D eigenvalue weighted by Gasteiger charge is 2.32. The van der Waals surface area contributed by atoms with Gasteiger partial charge in [0.05, 0.1) is 0 Å². The van der Waals surface area contributed by atoms with Crippen LogP contribution in [0.3, 0.4) is 0 Å². The number of likely N-dealkylation sites (N-methyl/N-ethyl adjacent to an activating group) is 1. The smallest absolute Gasteiger partial charge is 0.182 e. The first kappa shape index (κ1) is 13.2. The van der Waals surface area contributed by atoms with Gasteiger partial charge in [0.2, 0.25) is 0 Å². The zero-order valence-electron chi connectivity index (χ0n) is 11.7. The normalized spacial score (nSPS) is 29.9. The van der Waals surface area contributed by atoms with Crippen molar-refractivity contribution in [2.75, 3.05) is 14.1 Å². The minimum Gasteiger partial charge on any atom is -0.385 e. The number of nitrogens with two attached hydrogens (primary N) is 2. The summed E-state index contributed by atoms with van der Waals surface area (Å²) in [5.41, 5.74) is 13.4. The van der Waals surface area contributed by atoms with Gasteiger partial charge in [0, 0.05) is 19.7 Å². The van der Waals surface area contributed by atoms with Crippen LogP contribution in [0.5, 0.6) is 0 Å². The van der Waals surface area contributed by atoms with Crippen LogP contribution in [-0.4, -0.2) is 30.6 Å². The summed E-state index contributed by atoms with van der Waals surface area (Å²) in [6.45, 7) is 1.83. The topological polar surface area (TPSA) is 79.7 Å². The highest BCUT2D eigenvalue weighted by Crippen LogP contribution is 2.33. The molecule has 1 saturated carbocycles. The molecule has 1 atom stereocenters. The molecule has 2 aliphatic rings. The lowest BCUT2D eigenvalue weighted by atomic mass is 9.82. The number of rotatable bonds is 1. The molecule has 1 aliphatic heterocycles. The van der Waals surface area contributed by atoms with E-state index in [1.54, 1.807) is 0 Å². The maximum absolute atomic E-state index is 6.19. The molecule has 102 valence electrons. The van der Waals surface area contributed by atoms with Crippen LogP contribution in [0, 0.1) is 5.92 Å². The molecule has 2 rings (SSSR count). The summed E-state index contributed by atoms with van der Waals surface area (Å²) in [4.78, 5) is 6.61. The van der Waals surface area contributed by atoms with Crippen LogP contribution >= 0.6 is 0 Å². The number of hydrogen-bond donors (Lipinski definition) is 3. The zero-order valence-corrected chi connectivity index (χ0v) is 11.7. The predicted molar refractivity (Wildman–Crippen MR) is 74.6 cm³/mol. The molecule has 5 heteroatoms. The van der Waals surface area contributed by atoms with Gasteiger partial charge in [0.25, 0.3) is 0 Å². The van der Waals surface area contributed by atoms with E-state index in [9.17, 15) is 0 Å². The first-order valence-corrected chi connectivity index (χ1v) is 6.75. The van der Waals surface area contributed by atoms with E-state index in [1.807, 2.05) is 25.9 Å². The van der Waals surface area contributed by atoms with E-state index in [4.69, 9.17) is 11.5 Å². The van der Waals surface area contributed by atoms with Crippen LogP contribution in [-0.2, 0) is 0 Å². The molecule has 0 aromatic heterocycles. The predicted octanol–water partition coefficient (Wildman–Crippen LogP) is 0.933. The second-order valence-corrected chi connectivity index (χ2v) is 5.76. The maximum atomic E-state index is 6.19. The van der Waals surface area contributed by atoms with Gasteiger partial charge < -0.3 is 16.0 Å². The highest BCUT2D eigenvalue weighted by atomic mass is 15.3. The summed E-state index contributed by atoms with van der Waals surface area (Å²) in [6, 6.07) is 0. The third-order valence-electron chi connectivity index (χ3n) is 3.69. The molecule has 0 amide bonds. The van der Waals surface area contributed by atoms with E-state index in [2.05, 4.69) is 10.3 Å². The Labute approximate surface area is 109 Å². The van der Waals surface area contributed by atoms with Crippen molar-refractivity contribution in [3.05, 3.63) is 11.4 Å². The van der Waals surface area contributed by atoms with Gasteiger partial charge in [-0.25, -0.2) is 4.99 Å². The van der Waals surface area contributed by atoms with Crippen molar-refractivity contribution in [2.45, 2.75) is 44.8 Å². The van der Waals surface area contributed by atoms with Gasteiger partial charge in [-0.1, -0.05) is 19.3 Å². The first-order chi connectivity index (χ1) is 8.41. The second-order valence-electron chi connectivity index (χ2n) is 5.76. The van der Waals surface area contributed by atoms with Crippen molar-refractivity contribution in [1.82, 2.24) is 10.2 Å². The molecule has 0 bridgehead atoms. The van der Waals surface area contributed by atoms with Crippen molar-refractivity contribution in [1.29, 1.82) is 0 Å². The Hall–Kier alpha value is -1.23. The fourth-order valence-electron chi connectivity index (χ4n) is 2.90. The quantitative estimate of drug-likeness (QED) is 0.648.